The van der Waals surface area contributed by atoms with Crippen molar-refractivity contribution in [2.24, 2.45) is 0 Å². The van der Waals surface area contributed by atoms with Gasteiger partial charge in [-0.1, -0.05) is 18.2 Å². The Morgan fingerprint density at radius 2 is 1.84 bits per heavy atom. The molecule has 2 amide bonds. The third-order valence-corrected chi connectivity index (χ3v) is 5.06. The Morgan fingerprint density at radius 3 is 2.48 bits per heavy atom. The van der Waals surface area contributed by atoms with E-state index in [2.05, 4.69) is 0 Å². The minimum atomic E-state index is -0.416. The maximum Gasteiger partial charge on any atom is 0.237 e. The molecular formula is C19H27N3O3. The summed E-state index contributed by atoms with van der Waals surface area (Å²) in [5.41, 5.74) is 0.626. The number of para-hydroxylation sites is 1. The highest BCUT2D eigenvalue weighted by atomic mass is 16.5. The van der Waals surface area contributed by atoms with Crippen molar-refractivity contribution in [1.29, 1.82) is 0 Å². The fourth-order valence-corrected chi connectivity index (χ4v) is 3.65. The van der Waals surface area contributed by atoms with Gasteiger partial charge in [-0.15, -0.1) is 0 Å². The minimum Gasteiger partial charge on any atom is -0.485 e. The number of likely N-dealkylation sites (tertiary alicyclic amines) is 1. The Balaban J connectivity index is 1.86. The van der Waals surface area contributed by atoms with Gasteiger partial charge >= 0.3 is 0 Å². The van der Waals surface area contributed by atoms with Crippen LogP contribution in [0.25, 0.3) is 0 Å². The zero-order valence-corrected chi connectivity index (χ0v) is 15.3. The first-order chi connectivity index (χ1) is 11.9. The van der Waals surface area contributed by atoms with E-state index in [4.69, 9.17) is 4.74 Å². The highest BCUT2D eigenvalue weighted by molar-refractivity contribution is 5.78. The van der Waals surface area contributed by atoms with E-state index < -0.39 is 5.60 Å². The van der Waals surface area contributed by atoms with Gasteiger partial charge in [0.15, 0.2) is 0 Å². The number of rotatable bonds is 2. The summed E-state index contributed by atoms with van der Waals surface area (Å²) in [4.78, 5) is 30.0. The number of nitrogens with zero attached hydrogens (tertiary/aromatic N) is 3. The van der Waals surface area contributed by atoms with Crippen LogP contribution in [0.5, 0.6) is 5.75 Å². The minimum absolute atomic E-state index is 0.101. The molecule has 0 aromatic heterocycles. The highest BCUT2D eigenvalue weighted by Crippen LogP contribution is 2.35. The molecule has 0 aliphatic carbocycles. The second kappa shape index (κ2) is 7.04. The number of ether oxygens (including phenoxy) is 1. The molecule has 2 aliphatic rings. The second-order valence-electron chi connectivity index (χ2n) is 7.39. The summed E-state index contributed by atoms with van der Waals surface area (Å²) < 4.78 is 6.45. The Kier molecular flexibility index (Phi) is 4.99. The lowest BCUT2D eigenvalue weighted by Crippen LogP contribution is -2.55. The van der Waals surface area contributed by atoms with Crippen molar-refractivity contribution < 1.29 is 14.3 Å². The van der Waals surface area contributed by atoms with Crippen LogP contribution in [0.1, 0.15) is 25.3 Å². The molecule has 1 aromatic rings. The Hall–Kier alpha value is -2.08. The summed E-state index contributed by atoms with van der Waals surface area (Å²) in [5.74, 6) is 1.07. The maximum atomic E-state index is 12.7. The Bertz CT molecular complexity index is 651. The lowest BCUT2D eigenvalue weighted by Gasteiger charge is -2.42. The summed E-state index contributed by atoms with van der Waals surface area (Å²) in [6.07, 6.45) is 1.49. The summed E-state index contributed by atoms with van der Waals surface area (Å²) in [6, 6.07) is 7.95. The Labute approximate surface area is 149 Å². The van der Waals surface area contributed by atoms with Gasteiger partial charge in [0.1, 0.15) is 11.4 Å². The number of likely N-dealkylation sites (N-methyl/N-ethyl adjacent to an activating group) is 1. The number of hydrogen-bond acceptors (Lipinski definition) is 4. The predicted molar refractivity (Wildman–Crippen MR) is 95.3 cm³/mol. The molecule has 25 heavy (non-hydrogen) atoms. The molecule has 0 atom stereocenters. The van der Waals surface area contributed by atoms with Crippen molar-refractivity contribution in [3.05, 3.63) is 29.8 Å². The molecule has 0 saturated carbocycles. The number of fused-ring (bicyclic) bond motifs is 1. The lowest BCUT2D eigenvalue weighted by atomic mass is 9.90. The van der Waals surface area contributed by atoms with Gasteiger partial charge < -0.3 is 19.4 Å². The number of carbonyl (C=O) groups is 2. The van der Waals surface area contributed by atoms with Crippen LogP contribution in [-0.2, 0) is 16.1 Å². The van der Waals surface area contributed by atoms with Crippen molar-refractivity contribution in [1.82, 2.24) is 14.7 Å². The quantitative estimate of drug-likeness (QED) is 0.812. The van der Waals surface area contributed by atoms with Gasteiger partial charge in [0.2, 0.25) is 11.8 Å². The molecule has 1 spiro atoms. The zero-order valence-electron chi connectivity index (χ0n) is 15.3. The molecule has 1 saturated heterocycles. The summed E-state index contributed by atoms with van der Waals surface area (Å²) in [5, 5.41) is 0. The first-order valence-corrected chi connectivity index (χ1v) is 8.83. The molecule has 6 heteroatoms. The van der Waals surface area contributed by atoms with Crippen LogP contribution in [0, 0.1) is 0 Å². The normalized spacial score (nSPS) is 19.4. The molecule has 0 unspecified atom stereocenters. The summed E-state index contributed by atoms with van der Waals surface area (Å²) >= 11 is 0. The van der Waals surface area contributed by atoms with E-state index in [-0.39, 0.29) is 11.8 Å². The number of carbonyl (C=O) groups excluding carboxylic acids is 2. The second-order valence-corrected chi connectivity index (χ2v) is 7.39. The largest absolute Gasteiger partial charge is 0.485 e. The lowest BCUT2D eigenvalue weighted by molar-refractivity contribution is -0.139. The smallest absolute Gasteiger partial charge is 0.237 e. The molecular weight excluding hydrogens is 318 g/mol. The van der Waals surface area contributed by atoms with Crippen molar-refractivity contribution in [3.8, 4) is 5.75 Å². The van der Waals surface area contributed by atoms with Crippen LogP contribution >= 0.6 is 0 Å². The first-order valence-electron chi connectivity index (χ1n) is 8.83. The molecule has 1 aromatic carbocycles. The molecule has 1 fully saturated rings. The number of hydrogen-bond donors (Lipinski definition) is 0. The fourth-order valence-electron chi connectivity index (χ4n) is 3.65. The summed E-state index contributed by atoms with van der Waals surface area (Å²) in [7, 11) is 3.81. The van der Waals surface area contributed by atoms with Crippen molar-refractivity contribution in [2.45, 2.75) is 31.9 Å². The van der Waals surface area contributed by atoms with Gasteiger partial charge in [0.05, 0.1) is 13.1 Å². The van der Waals surface area contributed by atoms with Crippen LogP contribution in [0.3, 0.4) is 0 Å². The third kappa shape index (κ3) is 3.95. The molecule has 136 valence electrons. The standard InChI is InChI=1S/C19H27N3O3/c1-15(23)21-10-8-19(9-11-21)14-22(18(24)13-20(2)3)12-16-6-4-5-7-17(16)25-19/h4-7H,8-14H2,1-3H3. The monoisotopic (exact) mass is 345 g/mol. The van der Waals surface area contributed by atoms with Gasteiger partial charge in [-0.25, -0.2) is 0 Å². The van der Waals surface area contributed by atoms with E-state index in [9.17, 15) is 9.59 Å². The molecule has 2 aliphatic heterocycles. The van der Waals surface area contributed by atoms with E-state index in [0.29, 0.717) is 32.7 Å². The third-order valence-electron chi connectivity index (χ3n) is 5.06. The van der Waals surface area contributed by atoms with E-state index in [1.54, 1.807) is 6.92 Å². The number of benzene rings is 1. The van der Waals surface area contributed by atoms with Gasteiger partial charge in [0.25, 0.3) is 0 Å². The maximum absolute atomic E-state index is 12.7. The van der Waals surface area contributed by atoms with Gasteiger partial charge in [-0.2, -0.15) is 0 Å². The van der Waals surface area contributed by atoms with E-state index in [1.165, 1.54) is 0 Å². The van der Waals surface area contributed by atoms with Crippen LogP contribution in [-0.4, -0.2) is 72.4 Å². The number of piperidine rings is 1. The van der Waals surface area contributed by atoms with Crippen LogP contribution in [0.15, 0.2) is 24.3 Å². The highest BCUT2D eigenvalue weighted by Gasteiger charge is 2.42. The van der Waals surface area contributed by atoms with Crippen molar-refractivity contribution in [2.75, 3.05) is 40.3 Å². The van der Waals surface area contributed by atoms with Gasteiger partial charge in [-0.05, 0) is 20.2 Å². The van der Waals surface area contributed by atoms with E-state index in [1.807, 2.05) is 53.1 Å². The SMILES string of the molecule is CC(=O)N1CCC2(CC1)CN(C(=O)CN(C)C)Cc1ccccc1O2. The molecule has 3 rings (SSSR count). The Morgan fingerprint density at radius 1 is 1.16 bits per heavy atom. The molecule has 0 radical (unpaired) electrons. The van der Waals surface area contributed by atoms with Gasteiger partial charge in [-0.3, -0.25) is 9.59 Å². The molecule has 2 heterocycles. The fraction of sp³-hybridized carbons (Fsp3) is 0.579. The predicted octanol–water partition coefficient (Wildman–Crippen LogP) is 1.35. The van der Waals surface area contributed by atoms with Gasteiger partial charge in [0, 0.05) is 45.0 Å². The average molecular weight is 345 g/mol. The molecule has 0 bridgehead atoms. The zero-order chi connectivity index (χ0) is 18.0. The van der Waals surface area contributed by atoms with Crippen molar-refractivity contribution in [3.63, 3.8) is 0 Å². The van der Waals surface area contributed by atoms with E-state index >= 15 is 0 Å². The van der Waals surface area contributed by atoms with Crippen LogP contribution in [0.4, 0.5) is 0 Å². The van der Waals surface area contributed by atoms with E-state index in [0.717, 1.165) is 24.2 Å². The first kappa shape index (κ1) is 17.7. The molecule has 0 N–H and O–H groups in total. The van der Waals surface area contributed by atoms with Crippen LogP contribution < -0.4 is 4.74 Å². The molecule has 6 nitrogen and oxygen atoms in total. The average Bonchev–Trinajstić information content (AvgIpc) is 2.71. The van der Waals surface area contributed by atoms with Crippen molar-refractivity contribution >= 4 is 11.8 Å². The number of amides is 2. The van der Waals surface area contributed by atoms with Crippen LogP contribution in [0.2, 0.25) is 0 Å². The topological polar surface area (TPSA) is 53.1 Å². The summed E-state index contributed by atoms with van der Waals surface area (Å²) in [6.45, 7) is 4.48.